The zero-order valence-corrected chi connectivity index (χ0v) is 40.3. The topological polar surface area (TPSA) is 69.6 Å². The number of unbranched alkanes of at least 4 members (excludes halogenated alkanes) is 41. The van der Waals surface area contributed by atoms with Crippen molar-refractivity contribution in [3.8, 4) is 0 Å². The van der Waals surface area contributed by atoms with Gasteiger partial charge in [-0.05, 0) is 32.1 Å². The number of hydrogen-bond acceptors (Lipinski definition) is 3. The number of carbonyl (C=O) groups excluding carboxylic acids is 1. The van der Waals surface area contributed by atoms with Gasteiger partial charge in [0.2, 0.25) is 5.91 Å². The highest BCUT2D eigenvalue weighted by Crippen LogP contribution is 2.17. The summed E-state index contributed by atoms with van der Waals surface area (Å²) < 4.78 is 0. The minimum Gasteiger partial charge on any atom is -0.394 e. The molecular weight excluding hydrogens is 723 g/mol. The molecule has 0 aliphatic heterocycles. The van der Waals surface area contributed by atoms with Crippen LogP contribution >= 0.6 is 0 Å². The lowest BCUT2D eigenvalue weighted by Gasteiger charge is -2.19. The molecule has 0 aromatic heterocycles. The zero-order valence-electron chi connectivity index (χ0n) is 40.3. The number of aliphatic hydroxyl groups is 2. The molecule has 0 saturated carbocycles. The van der Waals surface area contributed by atoms with E-state index in [1.165, 1.54) is 250 Å². The van der Waals surface area contributed by atoms with Gasteiger partial charge in [0, 0.05) is 6.42 Å². The molecule has 3 N–H and O–H groups in total. The maximum Gasteiger partial charge on any atom is 0.220 e. The van der Waals surface area contributed by atoms with Crippen molar-refractivity contribution >= 4 is 5.91 Å². The second kappa shape index (κ2) is 51.2. The quantitative estimate of drug-likeness (QED) is 0.0422. The van der Waals surface area contributed by atoms with Crippen molar-refractivity contribution in [2.24, 2.45) is 0 Å². The summed E-state index contributed by atoms with van der Waals surface area (Å²) in [7, 11) is 0. The highest BCUT2D eigenvalue weighted by Gasteiger charge is 2.18. The first-order valence-electron chi connectivity index (χ1n) is 27.1. The molecule has 4 heteroatoms. The molecule has 2 unspecified atom stereocenters. The molecule has 0 spiro atoms. The Kier molecular flexibility index (Phi) is 50.2. The lowest BCUT2D eigenvalue weighted by Crippen LogP contribution is -2.45. The Hall–Kier alpha value is -1.13. The van der Waals surface area contributed by atoms with Crippen LogP contribution in [0.1, 0.15) is 303 Å². The molecule has 0 aliphatic rings. The van der Waals surface area contributed by atoms with Gasteiger partial charge >= 0.3 is 0 Å². The molecule has 0 fully saturated rings. The normalized spacial score (nSPS) is 12.9. The van der Waals surface area contributed by atoms with Crippen molar-refractivity contribution in [2.45, 2.75) is 315 Å². The Bertz CT molecular complexity index is 855. The Labute approximate surface area is 370 Å². The molecule has 0 aliphatic carbocycles. The summed E-state index contributed by atoms with van der Waals surface area (Å²) in [5.41, 5.74) is 0. The summed E-state index contributed by atoms with van der Waals surface area (Å²) in [5, 5.41) is 23.1. The minimum atomic E-state index is -0.859. The molecule has 2 atom stereocenters. The van der Waals surface area contributed by atoms with E-state index in [0.717, 1.165) is 32.1 Å². The third-order valence-electron chi connectivity index (χ3n) is 12.7. The average Bonchev–Trinajstić information content (AvgIpc) is 3.24. The van der Waals surface area contributed by atoms with Crippen molar-refractivity contribution in [2.75, 3.05) is 6.61 Å². The Balaban J connectivity index is 3.47. The zero-order chi connectivity index (χ0) is 42.8. The van der Waals surface area contributed by atoms with E-state index in [4.69, 9.17) is 0 Å². The minimum absolute atomic E-state index is 0.0672. The van der Waals surface area contributed by atoms with Crippen molar-refractivity contribution in [3.63, 3.8) is 0 Å². The smallest absolute Gasteiger partial charge is 0.220 e. The number of carbonyl (C=O) groups is 1. The van der Waals surface area contributed by atoms with Crippen LogP contribution in [0.2, 0.25) is 0 Å². The van der Waals surface area contributed by atoms with Gasteiger partial charge in [-0.1, -0.05) is 289 Å². The number of hydrogen-bond donors (Lipinski definition) is 3. The van der Waals surface area contributed by atoms with Gasteiger partial charge in [0.25, 0.3) is 0 Å². The fraction of sp³-hybridized carbons (Fsp3) is 0.909. The Morgan fingerprint density at radius 3 is 0.983 bits per heavy atom. The van der Waals surface area contributed by atoms with Gasteiger partial charge in [-0.25, -0.2) is 0 Å². The molecule has 0 saturated heterocycles. The van der Waals surface area contributed by atoms with Crippen LogP contribution in [0.25, 0.3) is 0 Å². The van der Waals surface area contributed by atoms with Crippen LogP contribution in [0.3, 0.4) is 0 Å². The highest BCUT2D eigenvalue weighted by atomic mass is 16.3. The van der Waals surface area contributed by atoms with E-state index in [2.05, 4.69) is 31.3 Å². The molecule has 0 aromatic carbocycles. The number of nitrogens with one attached hydrogen (secondary N) is 1. The Morgan fingerprint density at radius 1 is 0.390 bits per heavy atom. The fourth-order valence-corrected chi connectivity index (χ4v) is 8.55. The molecule has 0 heterocycles. The SMILES string of the molecule is CCCCCCCCCCCCCCC/C=C/CC/C=C/C(O)C(CO)NC(=O)CCCCCCCCCCCCCCCCCCCCCCCCCCCCCC. The van der Waals surface area contributed by atoms with E-state index in [-0.39, 0.29) is 12.5 Å². The first kappa shape index (κ1) is 57.9. The van der Waals surface area contributed by atoms with Crippen LogP contribution in [-0.4, -0.2) is 34.9 Å². The van der Waals surface area contributed by atoms with Crippen molar-refractivity contribution < 1.29 is 15.0 Å². The van der Waals surface area contributed by atoms with Crippen LogP contribution in [0.15, 0.2) is 24.3 Å². The first-order chi connectivity index (χ1) is 29.2. The van der Waals surface area contributed by atoms with Crippen LogP contribution in [0.5, 0.6) is 0 Å². The largest absolute Gasteiger partial charge is 0.394 e. The second-order valence-electron chi connectivity index (χ2n) is 18.7. The maximum atomic E-state index is 12.4. The van der Waals surface area contributed by atoms with E-state index in [0.29, 0.717) is 6.42 Å². The number of allylic oxidation sites excluding steroid dienone is 3. The van der Waals surface area contributed by atoms with Crippen LogP contribution in [-0.2, 0) is 4.79 Å². The molecule has 0 radical (unpaired) electrons. The fourth-order valence-electron chi connectivity index (χ4n) is 8.55. The van der Waals surface area contributed by atoms with Gasteiger partial charge in [-0.15, -0.1) is 0 Å². The van der Waals surface area contributed by atoms with Gasteiger partial charge < -0.3 is 15.5 Å². The van der Waals surface area contributed by atoms with Gasteiger partial charge in [0.05, 0.1) is 18.8 Å². The Morgan fingerprint density at radius 2 is 0.661 bits per heavy atom. The summed E-state index contributed by atoms with van der Waals surface area (Å²) in [4.78, 5) is 12.4. The summed E-state index contributed by atoms with van der Waals surface area (Å²) in [6.45, 7) is 4.33. The molecule has 0 rings (SSSR count). The molecular formula is C55H107NO3. The predicted octanol–water partition coefficient (Wildman–Crippen LogP) is 17.5. The summed E-state index contributed by atoms with van der Waals surface area (Å²) in [6.07, 6.45) is 67.7. The standard InChI is InChI=1S/C55H107NO3/c1-3-5-7-9-11-13-15-17-19-21-23-24-25-26-27-28-29-30-31-33-35-37-39-41-43-45-47-49-51-55(59)56-53(52-57)54(58)50-48-46-44-42-40-38-36-34-32-22-20-18-16-14-12-10-8-6-4-2/h40,42,48,50,53-54,57-58H,3-39,41,43-47,49,51-52H2,1-2H3,(H,56,59)/b42-40+,50-48+. The molecule has 1 amide bonds. The third kappa shape index (κ3) is 47.8. The summed E-state index contributed by atoms with van der Waals surface area (Å²) in [5.74, 6) is -0.0672. The maximum absolute atomic E-state index is 12.4. The molecule has 4 nitrogen and oxygen atoms in total. The molecule has 0 bridgehead atoms. The number of aliphatic hydroxyl groups excluding tert-OH is 2. The summed E-state index contributed by atoms with van der Waals surface area (Å²) >= 11 is 0. The second-order valence-corrected chi connectivity index (χ2v) is 18.7. The van der Waals surface area contributed by atoms with Crippen molar-refractivity contribution in [1.82, 2.24) is 5.32 Å². The van der Waals surface area contributed by atoms with Crippen LogP contribution in [0.4, 0.5) is 0 Å². The first-order valence-corrected chi connectivity index (χ1v) is 27.1. The molecule has 350 valence electrons. The van der Waals surface area contributed by atoms with Crippen LogP contribution in [0, 0.1) is 0 Å². The van der Waals surface area contributed by atoms with E-state index in [1.807, 2.05) is 6.08 Å². The van der Waals surface area contributed by atoms with Crippen molar-refractivity contribution in [3.05, 3.63) is 24.3 Å². The predicted molar refractivity (Wildman–Crippen MR) is 262 cm³/mol. The van der Waals surface area contributed by atoms with E-state index in [1.54, 1.807) is 6.08 Å². The highest BCUT2D eigenvalue weighted by molar-refractivity contribution is 5.76. The lowest BCUT2D eigenvalue weighted by molar-refractivity contribution is -0.123. The molecule has 59 heavy (non-hydrogen) atoms. The van der Waals surface area contributed by atoms with E-state index in [9.17, 15) is 15.0 Å². The van der Waals surface area contributed by atoms with Gasteiger partial charge in [0.15, 0.2) is 0 Å². The number of rotatable bonds is 50. The van der Waals surface area contributed by atoms with E-state index >= 15 is 0 Å². The lowest BCUT2D eigenvalue weighted by atomic mass is 10.0. The molecule has 0 aromatic rings. The summed E-state index contributed by atoms with van der Waals surface area (Å²) in [6, 6.07) is -0.636. The third-order valence-corrected chi connectivity index (χ3v) is 12.7. The van der Waals surface area contributed by atoms with E-state index < -0.39 is 12.1 Å². The number of amides is 1. The van der Waals surface area contributed by atoms with Gasteiger partial charge in [0.1, 0.15) is 0 Å². The van der Waals surface area contributed by atoms with Crippen LogP contribution < -0.4 is 5.32 Å². The monoisotopic (exact) mass is 830 g/mol. The van der Waals surface area contributed by atoms with Gasteiger partial charge in [-0.2, -0.15) is 0 Å². The average molecular weight is 830 g/mol. The van der Waals surface area contributed by atoms with Crippen molar-refractivity contribution in [1.29, 1.82) is 0 Å². The van der Waals surface area contributed by atoms with Gasteiger partial charge in [-0.3, -0.25) is 4.79 Å².